The van der Waals surface area contributed by atoms with Gasteiger partial charge in [-0.3, -0.25) is 4.40 Å². The van der Waals surface area contributed by atoms with E-state index in [-0.39, 0.29) is 44.1 Å². The second kappa shape index (κ2) is 13.8. The van der Waals surface area contributed by atoms with Crippen molar-refractivity contribution in [1.82, 2.24) is 14.7 Å². The Kier molecular flexibility index (Phi) is 11.1. The lowest BCUT2D eigenvalue weighted by Crippen LogP contribution is -2.41. The molecule has 0 radical (unpaired) electrons. The molecule has 7 nitrogen and oxygen atoms in total. The van der Waals surface area contributed by atoms with Gasteiger partial charge in [-0.1, -0.05) is 36.4 Å². The third-order valence-corrected chi connectivity index (χ3v) is 5.07. The van der Waals surface area contributed by atoms with Crippen molar-refractivity contribution in [3.05, 3.63) is 90.8 Å². The van der Waals surface area contributed by atoms with Gasteiger partial charge < -0.3 is 25.0 Å². The van der Waals surface area contributed by atoms with E-state index in [0.717, 1.165) is 22.7 Å². The van der Waals surface area contributed by atoms with Crippen molar-refractivity contribution in [2.75, 3.05) is 19.8 Å². The molecule has 4 rings (SSSR count). The topological polar surface area (TPSA) is 88.3 Å². The highest BCUT2D eigenvalue weighted by Gasteiger charge is 2.12. The van der Waals surface area contributed by atoms with Crippen LogP contribution in [0.1, 0.15) is 5.56 Å². The normalized spacial score (nSPS) is 12.3. The average molecular weight is 506 g/mol. The number of halogens is 2. The third-order valence-electron chi connectivity index (χ3n) is 5.07. The molecule has 0 spiro atoms. The van der Waals surface area contributed by atoms with Crippen LogP contribution in [0.15, 0.2) is 85.2 Å². The largest absolute Gasteiger partial charge is 0.491 e. The van der Waals surface area contributed by atoms with Gasteiger partial charge in [-0.05, 0) is 48.4 Å². The van der Waals surface area contributed by atoms with Crippen LogP contribution in [-0.2, 0) is 6.42 Å². The van der Waals surface area contributed by atoms with Crippen LogP contribution < -0.4 is 14.8 Å². The summed E-state index contributed by atoms with van der Waals surface area (Å²) in [5.41, 5.74) is 1.88. The molecule has 34 heavy (non-hydrogen) atoms. The number of benzene rings is 2. The van der Waals surface area contributed by atoms with E-state index in [0.29, 0.717) is 18.8 Å². The molecule has 0 bridgehead atoms. The lowest BCUT2D eigenvalue weighted by Gasteiger charge is -2.19. The molecular weight excluding hydrogens is 477 g/mol. The Balaban J connectivity index is 0.00000204. The molecule has 1 unspecified atom stereocenters. The zero-order valence-corrected chi connectivity index (χ0v) is 20.1. The maximum atomic E-state index is 10.2. The summed E-state index contributed by atoms with van der Waals surface area (Å²) < 4.78 is 13.4. The van der Waals surface area contributed by atoms with Gasteiger partial charge in [-0.2, -0.15) is 0 Å². The molecule has 182 valence electrons. The first-order valence-corrected chi connectivity index (χ1v) is 10.6. The van der Waals surface area contributed by atoms with Crippen molar-refractivity contribution in [3.8, 4) is 17.4 Å². The lowest BCUT2D eigenvalue weighted by atomic mass is 10.1. The molecule has 0 fully saturated rings. The monoisotopic (exact) mass is 505 g/mol. The van der Waals surface area contributed by atoms with Gasteiger partial charge in [0.05, 0.1) is 6.61 Å². The number of hydrogen-bond acceptors (Lipinski definition) is 6. The summed E-state index contributed by atoms with van der Waals surface area (Å²) in [6, 6.07) is 22.7. The van der Waals surface area contributed by atoms with Gasteiger partial charge in [0.25, 0.3) is 0 Å². The van der Waals surface area contributed by atoms with E-state index in [1.165, 1.54) is 0 Å². The first kappa shape index (κ1) is 27.4. The summed E-state index contributed by atoms with van der Waals surface area (Å²) in [5.74, 6) is 2.13. The van der Waals surface area contributed by atoms with Crippen LogP contribution in [0.4, 0.5) is 0 Å². The number of fused-ring (bicyclic) bond motifs is 1. The minimum absolute atomic E-state index is 0. The molecule has 3 N–H and O–H groups in total. The number of nitrogens with one attached hydrogen (secondary N) is 1. The van der Waals surface area contributed by atoms with E-state index >= 15 is 0 Å². The Morgan fingerprint density at radius 3 is 2.41 bits per heavy atom. The number of para-hydroxylation sites is 1. The Morgan fingerprint density at radius 2 is 1.68 bits per heavy atom. The predicted molar refractivity (Wildman–Crippen MR) is 137 cm³/mol. The number of rotatable bonds is 11. The molecule has 9 heteroatoms. The Bertz CT molecular complexity index is 1110. The summed E-state index contributed by atoms with van der Waals surface area (Å²) in [6.45, 7) is 0.478. The van der Waals surface area contributed by atoms with Crippen LogP contribution in [0, 0.1) is 0 Å². The molecule has 0 amide bonds. The highest BCUT2D eigenvalue weighted by Crippen LogP contribution is 2.23. The molecule has 0 aliphatic heterocycles. The van der Waals surface area contributed by atoms with Gasteiger partial charge in [0.1, 0.15) is 29.9 Å². The van der Waals surface area contributed by atoms with Crippen LogP contribution in [0.25, 0.3) is 5.65 Å². The molecule has 4 aromatic rings. The third kappa shape index (κ3) is 7.62. The molecule has 2 atom stereocenters. The molecule has 2 aromatic carbocycles. The average Bonchev–Trinajstić information content (AvgIpc) is 3.32. The van der Waals surface area contributed by atoms with Gasteiger partial charge in [0.15, 0.2) is 0 Å². The van der Waals surface area contributed by atoms with Crippen molar-refractivity contribution in [3.63, 3.8) is 0 Å². The van der Waals surface area contributed by atoms with Crippen molar-refractivity contribution in [2.45, 2.75) is 18.6 Å². The fourth-order valence-corrected chi connectivity index (χ4v) is 3.38. The summed E-state index contributed by atoms with van der Waals surface area (Å²) in [5, 5.41) is 23.1. The van der Waals surface area contributed by atoms with Gasteiger partial charge in [-0.15, -0.1) is 24.8 Å². The van der Waals surface area contributed by atoms with E-state index in [1.54, 1.807) is 6.20 Å². The Morgan fingerprint density at radius 1 is 0.912 bits per heavy atom. The number of aliphatic hydroxyl groups is 2. The number of hydrogen-bond donors (Lipinski definition) is 3. The van der Waals surface area contributed by atoms with Crippen molar-refractivity contribution in [1.29, 1.82) is 0 Å². The predicted octanol–water partition coefficient (Wildman–Crippen LogP) is 3.90. The van der Waals surface area contributed by atoms with Crippen molar-refractivity contribution >= 4 is 30.5 Å². The first-order chi connectivity index (χ1) is 15.7. The fraction of sp³-hybridized carbons (Fsp3) is 0.240. The number of nitrogens with zero attached hydrogens (tertiary/aromatic N) is 2. The van der Waals surface area contributed by atoms with E-state index in [2.05, 4.69) is 10.3 Å². The van der Waals surface area contributed by atoms with Crippen LogP contribution in [0.5, 0.6) is 17.4 Å². The zero-order chi connectivity index (χ0) is 22.2. The van der Waals surface area contributed by atoms with E-state index in [4.69, 9.17) is 9.47 Å². The van der Waals surface area contributed by atoms with E-state index in [1.807, 2.05) is 83.4 Å². The minimum atomic E-state index is -0.675. The number of aromatic nitrogens is 2. The van der Waals surface area contributed by atoms with Crippen molar-refractivity contribution < 1.29 is 19.7 Å². The molecular formula is C25H29Cl2N3O4. The van der Waals surface area contributed by atoms with Crippen molar-refractivity contribution in [2.24, 2.45) is 0 Å². The molecule has 0 aliphatic carbocycles. The van der Waals surface area contributed by atoms with Gasteiger partial charge in [-0.25, -0.2) is 4.98 Å². The van der Waals surface area contributed by atoms with Crippen LogP contribution in [0.3, 0.4) is 0 Å². The molecule has 0 saturated carbocycles. The standard InChI is InChI=1S/C25H27N3O4.2ClH/c29-17-20(27-16-21(30)18-31-22-5-2-1-3-6-22)15-19-9-11-23(12-10-19)32-25-8-4-7-24-26-13-14-28(24)25;;/h1-14,20-21,27,29-30H,15-18H2;2*1H/t20?,21-;;/m0../s1. The summed E-state index contributed by atoms with van der Waals surface area (Å²) in [7, 11) is 0. The highest BCUT2D eigenvalue weighted by molar-refractivity contribution is 5.85. The van der Waals surface area contributed by atoms with Crippen LogP contribution in [-0.4, -0.2) is 51.5 Å². The van der Waals surface area contributed by atoms with Crippen LogP contribution in [0.2, 0.25) is 0 Å². The number of ether oxygens (including phenoxy) is 2. The summed E-state index contributed by atoms with van der Waals surface area (Å²) >= 11 is 0. The second-order valence-electron chi connectivity index (χ2n) is 7.54. The Hall–Kier alpha value is -2.81. The highest BCUT2D eigenvalue weighted by atomic mass is 35.5. The van der Waals surface area contributed by atoms with E-state index < -0.39 is 6.10 Å². The van der Waals surface area contributed by atoms with Gasteiger partial charge in [0.2, 0.25) is 5.88 Å². The van der Waals surface area contributed by atoms with Gasteiger partial charge >= 0.3 is 0 Å². The lowest BCUT2D eigenvalue weighted by molar-refractivity contribution is 0.0997. The Labute approximate surface area is 211 Å². The fourth-order valence-electron chi connectivity index (χ4n) is 3.38. The maximum Gasteiger partial charge on any atom is 0.205 e. The number of aliphatic hydroxyl groups excluding tert-OH is 2. The molecule has 0 saturated heterocycles. The zero-order valence-electron chi connectivity index (χ0n) is 18.5. The van der Waals surface area contributed by atoms with Crippen LogP contribution >= 0.6 is 24.8 Å². The van der Waals surface area contributed by atoms with E-state index in [9.17, 15) is 10.2 Å². The van der Waals surface area contributed by atoms with Gasteiger partial charge in [0, 0.05) is 25.0 Å². The molecule has 2 aromatic heterocycles. The molecule has 0 aliphatic rings. The SMILES string of the molecule is Cl.Cl.OCC(Cc1ccc(Oc2cccc3nccn23)cc1)NC[C@H](O)COc1ccccc1. The summed E-state index contributed by atoms with van der Waals surface area (Å²) in [6.07, 6.45) is 3.54. The smallest absolute Gasteiger partial charge is 0.205 e. The maximum absolute atomic E-state index is 10.2. The number of imidazole rings is 1. The quantitative estimate of drug-likeness (QED) is 0.286. The summed E-state index contributed by atoms with van der Waals surface area (Å²) in [4.78, 5) is 4.26. The minimum Gasteiger partial charge on any atom is -0.491 e. The number of pyridine rings is 1. The first-order valence-electron chi connectivity index (χ1n) is 10.6. The second-order valence-corrected chi connectivity index (χ2v) is 7.54. The molecule has 2 heterocycles.